The molecular weight excluding hydrogens is 370 g/mol. The molecule has 0 aliphatic carbocycles. The first-order valence-corrected chi connectivity index (χ1v) is 9.44. The van der Waals surface area contributed by atoms with Crippen LogP contribution in [-0.2, 0) is 0 Å². The molecule has 0 bridgehead atoms. The summed E-state index contributed by atoms with van der Waals surface area (Å²) in [5.74, 6) is 2.10. The molecule has 28 heavy (non-hydrogen) atoms. The Morgan fingerprint density at radius 1 is 0.857 bits per heavy atom. The number of hydrogen-bond donors (Lipinski definition) is 1. The highest BCUT2D eigenvalue weighted by atomic mass is 32.1. The number of hydrogen-bond acceptors (Lipinski definition) is 7. The van der Waals surface area contributed by atoms with E-state index in [2.05, 4.69) is 14.1 Å². The van der Waals surface area contributed by atoms with Gasteiger partial charge in [0.1, 0.15) is 22.6 Å². The third kappa shape index (κ3) is 2.91. The Morgan fingerprint density at radius 3 is 2.61 bits per heavy atom. The number of fused-ring (bicyclic) bond motifs is 2. The zero-order valence-corrected chi connectivity index (χ0v) is 15.8. The van der Waals surface area contributed by atoms with Gasteiger partial charge in [0.15, 0.2) is 5.82 Å². The lowest BCUT2D eigenvalue weighted by atomic mass is 10.1. The largest absolute Gasteiger partial charge is 0.497 e. The summed E-state index contributed by atoms with van der Waals surface area (Å²) < 4.78 is 14.1. The fraction of sp³-hybridized carbons (Fsp3) is 0.0476. The molecule has 0 aliphatic heterocycles. The van der Waals surface area contributed by atoms with Gasteiger partial charge in [0.05, 0.1) is 30.0 Å². The number of anilines is 2. The summed E-state index contributed by atoms with van der Waals surface area (Å²) in [5, 5.41) is 4.31. The van der Waals surface area contributed by atoms with Gasteiger partial charge in [-0.2, -0.15) is 8.75 Å². The minimum absolute atomic E-state index is 0.657. The van der Waals surface area contributed by atoms with Crippen molar-refractivity contribution >= 4 is 45.2 Å². The zero-order valence-electron chi connectivity index (χ0n) is 15.0. The standard InChI is InChI=1S/C21H15N5OS/c1-27-14-10-11-16-15(12-14)21(24-20(22-16)13-6-3-2-4-7-13)23-17-8-5-9-18-19(17)26-28-25-18/h2-12H,1H3,(H,22,23,24). The van der Waals surface area contributed by atoms with Gasteiger partial charge in [-0.15, -0.1) is 0 Å². The Morgan fingerprint density at radius 2 is 1.75 bits per heavy atom. The van der Waals surface area contributed by atoms with Gasteiger partial charge in [0.2, 0.25) is 0 Å². The predicted octanol–water partition coefficient (Wildman–Crippen LogP) is 5.05. The molecule has 2 aromatic heterocycles. The second-order valence-corrected chi connectivity index (χ2v) is 6.74. The first-order chi connectivity index (χ1) is 13.8. The molecule has 7 heteroatoms. The lowest BCUT2D eigenvalue weighted by Gasteiger charge is -2.12. The van der Waals surface area contributed by atoms with E-state index in [0.717, 1.165) is 38.9 Å². The highest BCUT2D eigenvalue weighted by Gasteiger charge is 2.13. The summed E-state index contributed by atoms with van der Waals surface area (Å²) >= 11 is 1.19. The Labute approximate surface area is 165 Å². The van der Waals surface area contributed by atoms with E-state index >= 15 is 0 Å². The molecule has 0 unspecified atom stereocenters. The molecule has 1 N–H and O–H groups in total. The van der Waals surface area contributed by atoms with E-state index in [4.69, 9.17) is 14.7 Å². The average Bonchev–Trinajstić information content (AvgIpc) is 3.24. The van der Waals surface area contributed by atoms with Crippen LogP contribution in [-0.4, -0.2) is 25.8 Å². The molecule has 2 heterocycles. The average molecular weight is 385 g/mol. The smallest absolute Gasteiger partial charge is 0.162 e. The number of ether oxygens (including phenoxy) is 1. The molecule has 6 nitrogen and oxygen atoms in total. The van der Waals surface area contributed by atoms with Gasteiger partial charge < -0.3 is 10.1 Å². The Hall–Kier alpha value is -3.58. The number of nitrogens with one attached hydrogen (secondary N) is 1. The van der Waals surface area contributed by atoms with Crippen LogP contribution in [0.25, 0.3) is 33.3 Å². The highest BCUT2D eigenvalue weighted by Crippen LogP contribution is 2.32. The second kappa shape index (κ2) is 6.86. The van der Waals surface area contributed by atoms with Crippen LogP contribution in [0.3, 0.4) is 0 Å². The minimum atomic E-state index is 0.657. The molecule has 3 aromatic carbocycles. The van der Waals surface area contributed by atoms with Crippen molar-refractivity contribution in [2.45, 2.75) is 0 Å². The molecule has 5 aromatic rings. The molecule has 0 aliphatic rings. The van der Waals surface area contributed by atoms with E-state index < -0.39 is 0 Å². The number of methoxy groups -OCH3 is 1. The normalized spacial score (nSPS) is 11.0. The summed E-state index contributed by atoms with van der Waals surface area (Å²) in [7, 11) is 1.65. The second-order valence-electron chi connectivity index (χ2n) is 6.21. The predicted molar refractivity (Wildman–Crippen MR) is 112 cm³/mol. The Bertz CT molecular complexity index is 1290. The van der Waals surface area contributed by atoms with Gasteiger partial charge in [0.25, 0.3) is 0 Å². The first-order valence-electron chi connectivity index (χ1n) is 8.71. The van der Waals surface area contributed by atoms with Crippen LogP contribution in [0.15, 0.2) is 66.7 Å². The maximum Gasteiger partial charge on any atom is 0.162 e. The SMILES string of the molecule is COc1ccc2nc(-c3ccccc3)nc(Nc3cccc4nsnc34)c2c1. The molecule has 0 radical (unpaired) electrons. The van der Waals surface area contributed by atoms with Crippen molar-refractivity contribution < 1.29 is 4.74 Å². The number of rotatable bonds is 4. The van der Waals surface area contributed by atoms with E-state index in [9.17, 15) is 0 Å². The lowest BCUT2D eigenvalue weighted by molar-refractivity contribution is 0.415. The van der Waals surface area contributed by atoms with Crippen LogP contribution >= 0.6 is 11.7 Å². The fourth-order valence-electron chi connectivity index (χ4n) is 3.08. The van der Waals surface area contributed by atoms with Crippen molar-refractivity contribution in [1.29, 1.82) is 0 Å². The number of aromatic nitrogens is 4. The van der Waals surface area contributed by atoms with Crippen molar-refractivity contribution in [3.05, 3.63) is 66.7 Å². The molecule has 0 saturated heterocycles. The third-order valence-corrected chi connectivity index (χ3v) is 5.02. The van der Waals surface area contributed by atoms with Crippen molar-refractivity contribution in [2.24, 2.45) is 0 Å². The quantitative estimate of drug-likeness (QED) is 0.466. The highest BCUT2D eigenvalue weighted by molar-refractivity contribution is 7.00. The van der Waals surface area contributed by atoms with Crippen LogP contribution in [0.5, 0.6) is 5.75 Å². The summed E-state index contributed by atoms with van der Waals surface area (Å²) in [4.78, 5) is 9.55. The molecule has 0 fully saturated rings. The van der Waals surface area contributed by atoms with Crippen LogP contribution in [0.2, 0.25) is 0 Å². The zero-order chi connectivity index (χ0) is 18.9. The molecule has 5 rings (SSSR count). The van der Waals surface area contributed by atoms with Crippen molar-refractivity contribution in [3.63, 3.8) is 0 Å². The van der Waals surface area contributed by atoms with E-state index in [0.29, 0.717) is 11.6 Å². The summed E-state index contributed by atoms with van der Waals surface area (Å²) in [6.45, 7) is 0. The van der Waals surface area contributed by atoms with Gasteiger partial charge >= 0.3 is 0 Å². The van der Waals surface area contributed by atoms with Crippen molar-refractivity contribution in [3.8, 4) is 17.1 Å². The fourth-order valence-corrected chi connectivity index (χ4v) is 3.63. The van der Waals surface area contributed by atoms with Gasteiger partial charge in [-0.25, -0.2) is 9.97 Å². The van der Waals surface area contributed by atoms with E-state index in [1.807, 2.05) is 66.7 Å². The van der Waals surface area contributed by atoms with Gasteiger partial charge in [-0.1, -0.05) is 36.4 Å². The van der Waals surface area contributed by atoms with Crippen LogP contribution in [0.1, 0.15) is 0 Å². The summed E-state index contributed by atoms with van der Waals surface area (Å²) in [6.07, 6.45) is 0. The van der Waals surface area contributed by atoms with Crippen LogP contribution in [0, 0.1) is 0 Å². The Balaban J connectivity index is 1.71. The Kier molecular flexibility index (Phi) is 4.06. The molecular formula is C21H15N5OS. The van der Waals surface area contributed by atoms with Gasteiger partial charge in [0, 0.05) is 10.9 Å². The molecule has 0 amide bonds. The van der Waals surface area contributed by atoms with Crippen molar-refractivity contribution in [1.82, 2.24) is 18.7 Å². The van der Waals surface area contributed by atoms with Crippen LogP contribution < -0.4 is 10.1 Å². The maximum absolute atomic E-state index is 5.40. The summed E-state index contributed by atoms with van der Waals surface area (Å²) in [5.41, 5.74) is 4.32. The number of benzene rings is 3. The first kappa shape index (κ1) is 16.6. The lowest BCUT2D eigenvalue weighted by Crippen LogP contribution is -2.00. The molecule has 0 spiro atoms. The maximum atomic E-state index is 5.40. The molecule has 0 saturated carbocycles. The van der Waals surface area contributed by atoms with E-state index in [1.165, 1.54) is 11.7 Å². The van der Waals surface area contributed by atoms with Crippen molar-refractivity contribution in [2.75, 3.05) is 12.4 Å². The number of nitrogens with zero attached hydrogens (tertiary/aromatic N) is 4. The van der Waals surface area contributed by atoms with E-state index in [-0.39, 0.29) is 0 Å². The van der Waals surface area contributed by atoms with Gasteiger partial charge in [-0.3, -0.25) is 0 Å². The minimum Gasteiger partial charge on any atom is -0.497 e. The summed E-state index contributed by atoms with van der Waals surface area (Å²) in [6, 6.07) is 21.6. The van der Waals surface area contributed by atoms with Gasteiger partial charge in [-0.05, 0) is 30.3 Å². The van der Waals surface area contributed by atoms with E-state index in [1.54, 1.807) is 7.11 Å². The van der Waals surface area contributed by atoms with Crippen LogP contribution in [0.4, 0.5) is 11.5 Å². The molecule has 136 valence electrons. The topological polar surface area (TPSA) is 72.8 Å². The molecule has 0 atom stereocenters. The third-order valence-electron chi connectivity index (χ3n) is 4.47. The monoisotopic (exact) mass is 385 g/mol.